The molecule has 0 amide bonds. The number of nitrogens with two attached hydrogens (primary N) is 1. The van der Waals surface area contributed by atoms with Crippen molar-refractivity contribution in [3.63, 3.8) is 0 Å². The third-order valence-corrected chi connectivity index (χ3v) is 16.2. The van der Waals surface area contributed by atoms with Crippen molar-refractivity contribution in [2.75, 3.05) is 63.6 Å². The Morgan fingerprint density at radius 1 is 0.976 bits per heavy atom. The Labute approximate surface area is 484 Å². The van der Waals surface area contributed by atoms with E-state index in [4.69, 9.17) is 35.3 Å². The van der Waals surface area contributed by atoms with Crippen LogP contribution in [0.2, 0.25) is 0 Å². The lowest BCUT2D eigenvalue weighted by Crippen LogP contribution is -2.42. The number of H-pyrrole nitrogens is 1. The van der Waals surface area contributed by atoms with Crippen LogP contribution in [0.1, 0.15) is 88.4 Å². The molecule has 5 aromatic rings. The van der Waals surface area contributed by atoms with E-state index in [-0.39, 0.29) is 96.4 Å². The molecular weight excluding hydrogens is 1090 g/mol. The van der Waals surface area contributed by atoms with Crippen molar-refractivity contribution in [1.29, 1.82) is 0 Å². The summed E-state index contributed by atoms with van der Waals surface area (Å²) in [4.78, 5) is 68.8. The first-order valence-corrected chi connectivity index (χ1v) is 28.8. The number of nitrogen functional groups attached to an aromatic ring is 1. The van der Waals surface area contributed by atoms with Crippen molar-refractivity contribution in [2.45, 2.75) is 122 Å². The zero-order valence-electron chi connectivity index (χ0n) is 47.9. The fourth-order valence-corrected chi connectivity index (χ4v) is 11.9. The van der Waals surface area contributed by atoms with E-state index in [2.05, 4.69) is 64.6 Å². The number of ketones is 1. The van der Waals surface area contributed by atoms with Crippen LogP contribution in [0, 0.1) is 29.6 Å². The summed E-state index contributed by atoms with van der Waals surface area (Å²) in [5.41, 5.74) is 8.95. The Kier molecular flexibility index (Phi) is 21.1. The molecule has 10 rings (SSSR count). The van der Waals surface area contributed by atoms with E-state index in [1.54, 1.807) is 6.07 Å². The minimum Gasteiger partial charge on any atom is -0.507 e. The topological polar surface area (TPSA) is 373 Å². The molecule has 5 heterocycles. The molecule has 2 aliphatic heterocycles. The van der Waals surface area contributed by atoms with Gasteiger partial charge in [-0.2, -0.15) is 10.1 Å². The van der Waals surface area contributed by atoms with Crippen LogP contribution >= 0.6 is 0 Å². The number of cyclic esters (lactones) is 1. The molecule has 0 radical (unpaired) electrons. The average Bonchev–Trinajstić information content (AvgIpc) is 1.90. The first-order chi connectivity index (χ1) is 40.3. The van der Waals surface area contributed by atoms with Gasteiger partial charge in [-0.15, -0.1) is 6.58 Å². The molecule has 0 unspecified atom stereocenters. The maximum atomic E-state index is 13.5. The molecule has 13 N–H and O–H groups in total. The number of aromatic nitrogens is 6. The number of ether oxygens (including phenoxy) is 3. The quantitative estimate of drug-likeness (QED) is 0.0278. The van der Waals surface area contributed by atoms with E-state index in [1.165, 1.54) is 17.7 Å². The van der Waals surface area contributed by atoms with E-state index in [0.29, 0.717) is 86.0 Å². The van der Waals surface area contributed by atoms with Gasteiger partial charge in [-0.1, -0.05) is 64.1 Å². The van der Waals surface area contributed by atoms with Crippen LogP contribution in [-0.2, 0) is 36.9 Å². The molecule has 2 aromatic carbocycles. The van der Waals surface area contributed by atoms with E-state index in [9.17, 15) is 49.5 Å². The number of allylic oxidation sites excluding steroid dienone is 4. The highest BCUT2D eigenvalue weighted by Gasteiger charge is 2.46. The third kappa shape index (κ3) is 13.5. The van der Waals surface area contributed by atoms with Crippen LogP contribution < -0.4 is 32.9 Å². The fraction of sp³-hybridized carbons (Fsp3) is 0.542. The van der Waals surface area contributed by atoms with E-state index < -0.39 is 48.5 Å². The number of rotatable bonds is 21. The van der Waals surface area contributed by atoms with Gasteiger partial charge in [-0.25, -0.2) is 9.36 Å². The SMILES string of the molecule is C=CCn1c(=O)n([C@@H]2O[C@H](CO)[C@@H](O)[C@H]2O)c2nc(N)[nH]c(=O)c21.CC[C@H](C)C(=O)O[C@H]1C[C@@H](C)C=C2C=C[C@H](C)[C@H](CC[C@@H]3C[C@@H](O)CC(=O)O3)[C@H]21.O=C1c2c(O)cccc2-c2nn(CCNCCO)c3ccc(NCCNCCO)c1c23. The highest BCUT2D eigenvalue weighted by Crippen LogP contribution is 2.47. The van der Waals surface area contributed by atoms with Crippen LogP contribution in [-0.4, -0.2) is 172 Å². The summed E-state index contributed by atoms with van der Waals surface area (Å²) in [6.07, 6.45) is 5.82. The van der Waals surface area contributed by atoms with Crippen LogP contribution in [0.25, 0.3) is 33.3 Å². The molecule has 84 heavy (non-hydrogen) atoms. The Hall–Kier alpha value is -7.07. The van der Waals surface area contributed by atoms with Crippen LogP contribution in [0.3, 0.4) is 0 Å². The highest BCUT2D eigenvalue weighted by molar-refractivity contribution is 6.28. The second kappa shape index (κ2) is 28.2. The molecule has 0 spiro atoms. The first-order valence-electron chi connectivity index (χ1n) is 28.8. The number of fused-ring (bicyclic) bond motifs is 4. The Morgan fingerprint density at radius 2 is 1.73 bits per heavy atom. The standard InChI is InChI=1S/C24H36O5.C22H27N5O4.C13H17N5O6/c1-5-15(3)24(27)29-21-11-14(2)10-17-7-6-16(4)20(23(17)21)9-8-19-12-18(25)13-22(26)28-19;28-12-9-23-6-7-25-15-4-5-16-20-19(15)22(31)18-14(2-1-3-17(18)30)21(20)26-27(16)11-8-24-10-13-29;1-2-3-17-6-9(15-12(14)16-10(6)22)18(13(17)23)11-8(21)7(20)5(4-19)24-11/h6-7,10,14-16,18-21,23,25H,5,8-9,11-13H2,1-4H3;1-5,23-25,28-30H,6-13H2;2,5,7-8,11,19-21H,1,3-4H2,(H3,14,15,16,22)/t14-,15-,16-,18+,19+,20-,21-,23-;;5-,7-,8-,11-/m0.1/s1. The van der Waals surface area contributed by atoms with Crippen LogP contribution in [0.5, 0.6) is 5.75 Å². The van der Waals surface area contributed by atoms with Crippen LogP contribution in [0.4, 0.5) is 11.6 Å². The lowest BCUT2D eigenvalue weighted by Gasteiger charge is -2.43. The summed E-state index contributed by atoms with van der Waals surface area (Å²) in [6, 6.07) is 8.87. The monoisotopic (exact) mass is 1170 g/mol. The number of hydrogen-bond donors (Lipinski definition) is 12. The van der Waals surface area contributed by atoms with E-state index in [0.717, 1.165) is 45.7 Å². The number of carbonyl (C=O) groups is 3. The number of esters is 2. The molecular formula is C59H80N10O15. The van der Waals surface area contributed by atoms with Gasteiger partial charge < -0.3 is 71.6 Å². The summed E-state index contributed by atoms with van der Waals surface area (Å²) < 4.78 is 20.8. The summed E-state index contributed by atoms with van der Waals surface area (Å²) in [7, 11) is 0. The molecule has 456 valence electrons. The zero-order chi connectivity index (χ0) is 60.5. The van der Waals surface area contributed by atoms with E-state index >= 15 is 0 Å². The van der Waals surface area contributed by atoms with E-state index in [1.807, 2.05) is 36.7 Å². The van der Waals surface area contributed by atoms with Gasteiger partial charge in [0.2, 0.25) is 5.95 Å². The number of aromatic amines is 1. The lowest BCUT2D eigenvalue weighted by molar-refractivity contribution is -0.162. The predicted octanol–water partition coefficient (Wildman–Crippen LogP) is 1.99. The number of carbonyl (C=O) groups excluding carboxylic acids is 3. The van der Waals surface area contributed by atoms with Gasteiger partial charge >= 0.3 is 17.6 Å². The number of phenols is 1. The Bertz CT molecular complexity index is 3350. The van der Waals surface area contributed by atoms with Crippen molar-refractivity contribution in [1.82, 2.24) is 39.5 Å². The largest absolute Gasteiger partial charge is 0.507 e. The van der Waals surface area contributed by atoms with Crippen molar-refractivity contribution in [3.8, 4) is 17.0 Å². The normalized spacial score (nSPS) is 25.4. The van der Waals surface area contributed by atoms with Crippen molar-refractivity contribution in [3.05, 3.63) is 98.8 Å². The van der Waals surface area contributed by atoms with Gasteiger partial charge in [0, 0.05) is 68.2 Å². The highest BCUT2D eigenvalue weighted by atomic mass is 16.6. The molecule has 3 aromatic heterocycles. The predicted molar refractivity (Wildman–Crippen MR) is 312 cm³/mol. The molecule has 5 aliphatic rings. The number of anilines is 2. The van der Waals surface area contributed by atoms with Crippen molar-refractivity contribution in [2.24, 2.45) is 29.6 Å². The maximum Gasteiger partial charge on any atom is 0.333 e. The molecule has 25 nitrogen and oxygen atoms in total. The third-order valence-electron chi connectivity index (χ3n) is 16.2. The number of hydrogen-bond acceptors (Lipinski definition) is 21. The van der Waals surface area contributed by atoms with Gasteiger partial charge in [-0.3, -0.25) is 33.4 Å². The molecule has 25 heteroatoms. The number of benzene rings is 2. The van der Waals surface area contributed by atoms with Crippen molar-refractivity contribution < 1.29 is 64.3 Å². The minimum absolute atomic E-state index is 0.0197. The van der Waals surface area contributed by atoms with Gasteiger partial charge in [-0.05, 0) is 67.2 Å². The van der Waals surface area contributed by atoms with Gasteiger partial charge in [0.1, 0.15) is 42.0 Å². The fourth-order valence-electron chi connectivity index (χ4n) is 11.9. The van der Waals surface area contributed by atoms with Crippen molar-refractivity contribution >= 4 is 51.4 Å². The molecule has 12 atom stereocenters. The van der Waals surface area contributed by atoms with Crippen LogP contribution in [0.15, 0.2) is 76.4 Å². The molecule has 3 aliphatic carbocycles. The maximum absolute atomic E-state index is 13.5. The second-order valence-corrected chi connectivity index (χ2v) is 22.1. The smallest absolute Gasteiger partial charge is 0.333 e. The number of aliphatic hydroxyl groups is 6. The molecule has 0 saturated carbocycles. The van der Waals surface area contributed by atoms with Gasteiger partial charge in [0.25, 0.3) is 5.56 Å². The summed E-state index contributed by atoms with van der Waals surface area (Å²) in [5, 5.41) is 82.5. The number of aromatic hydroxyl groups is 1. The molecule has 2 saturated heterocycles. The number of phenolic OH excluding ortho intramolecular Hbond substituents is 1. The van der Waals surface area contributed by atoms with Gasteiger partial charge in [0.05, 0.1) is 61.5 Å². The number of aliphatic hydroxyl groups excluding tert-OH is 6. The average molecular weight is 1170 g/mol. The second-order valence-electron chi connectivity index (χ2n) is 22.1. The number of nitrogens with one attached hydrogen (secondary N) is 4. The molecule has 2 fully saturated rings. The summed E-state index contributed by atoms with van der Waals surface area (Å²) in [5.74, 6) is 0.254. The van der Waals surface area contributed by atoms with Gasteiger partial charge in [0.15, 0.2) is 23.2 Å². The zero-order valence-corrected chi connectivity index (χ0v) is 47.9. The number of nitrogens with zero attached hydrogens (tertiary/aromatic N) is 5. The Morgan fingerprint density at radius 3 is 2.42 bits per heavy atom. The minimum atomic E-state index is -1.50. The lowest BCUT2D eigenvalue weighted by atomic mass is 9.65. The first kappa shape index (κ1) is 63.0. The summed E-state index contributed by atoms with van der Waals surface area (Å²) >= 11 is 0. The Balaban J connectivity index is 0.000000166. The molecule has 0 bridgehead atoms. The summed E-state index contributed by atoms with van der Waals surface area (Å²) in [6.45, 7) is 14.9. The number of imidazole rings is 1.